The van der Waals surface area contributed by atoms with Crippen LogP contribution in [0.4, 0.5) is 0 Å². The number of amides is 1. The van der Waals surface area contributed by atoms with Gasteiger partial charge in [-0.05, 0) is 24.3 Å². The Morgan fingerprint density at radius 3 is 3.06 bits per heavy atom. The monoisotopic (exact) mass is 253 g/mol. The first kappa shape index (κ1) is 12.0. The minimum Gasteiger partial charge on any atom is -0.451 e. The molecule has 17 heavy (non-hydrogen) atoms. The highest BCUT2D eigenvalue weighted by atomic mass is 35.5. The summed E-state index contributed by atoms with van der Waals surface area (Å²) in [6.45, 7) is 0.922. The lowest BCUT2D eigenvalue weighted by Crippen LogP contribution is -2.26. The van der Waals surface area contributed by atoms with Crippen LogP contribution in [-0.4, -0.2) is 26.2 Å². The summed E-state index contributed by atoms with van der Waals surface area (Å²) >= 11 is 5.85. The number of nitrogens with one attached hydrogen (secondary N) is 1. The molecule has 0 unspecified atom stereocenters. The van der Waals surface area contributed by atoms with Crippen molar-refractivity contribution in [1.29, 1.82) is 0 Å². The van der Waals surface area contributed by atoms with Crippen molar-refractivity contribution in [2.24, 2.45) is 0 Å². The molecule has 1 aromatic heterocycles. The second-order valence-electron chi connectivity index (χ2n) is 3.54. The maximum Gasteiger partial charge on any atom is 0.287 e. The average molecular weight is 254 g/mol. The Kier molecular flexibility index (Phi) is 3.66. The summed E-state index contributed by atoms with van der Waals surface area (Å²) in [4.78, 5) is 11.7. The third-order valence-corrected chi connectivity index (χ3v) is 2.53. The number of ether oxygens (including phenoxy) is 1. The summed E-state index contributed by atoms with van der Waals surface area (Å²) in [5.74, 6) is 0.0211. The van der Waals surface area contributed by atoms with Gasteiger partial charge in [0.25, 0.3) is 5.91 Å². The molecule has 0 spiro atoms. The fourth-order valence-corrected chi connectivity index (χ4v) is 1.66. The van der Waals surface area contributed by atoms with E-state index in [2.05, 4.69) is 5.32 Å². The van der Waals surface area contributed by atoms with E-state index < -0.39 is 0 Å². The smallest absolute Gasteiger partial charge is 0.287 e. The first-order valence-electron chi connectivity index (χ1n) is 5.17. The third kappa shape index (κ3) is 2.78. The van der Waals surface area contributed by atoms with E-state index in [1.54, 1.807) is 31.4 Å². The molecule has 0 fully saturated rings. The fraction of sp³-hybridized carbons (Fsp3) is 0.250. The lowest BCUT2D eigenvalue weighted by atomic mass is 10.2. The van der Waals surface area contributed by atoms with E-state index in [4.69, 9.17) is 20.8 Å². The molecule has 5 heteroatoms. The average Bonchev–Trinajstić information content (AvgIpc) is 2.72. The van der Waals surface area contributed by atoms with Crippen LogP contribution < -0.4 is 5.32 Å². The minimum atomic E-state index is -0.255. The maximum absolute atomic E-state index is 11.7. The largest absolute Gasteiger partial charge is 0.451 e. The van der Waals surface area contributed by atoms with Gasteiger partial charge in [-0.3, -0.25) is 4.79 Å². The van der Waals surface area contributed by atoms with E-state index in [1.807, 2.05) is 0 Å². The number of carbonyl (C=O) groups excluding carboxylic acids is 1. The van der Waals surface area contributed by atoms with E-state index >= 15 is 0 Å². The molecule has 1 aromatic carbocycles. The summed E-state index contributed by atoms with van der Waals surface area (Å²) in [5.41, 5.74) is 0.645. The molecule has 4 nitrogen and oxygen atoms in total. The van der Waals surface area contributed by atoms with Gasteiger partial charge in [0.15, 0.2) is 5.76 Å². The third-order valence-electron chi connectivity index (χ3n) is 2.29. The first-order chi connectivity index (χ1) is 8.20. The van der Waals surface area contributed by atoms with Gasteiger partial charge in [0.1, 0.15) is 5.58 Å². The van der Waals surface area contributed by atoms with Crippen LogP contribution in [0, 0.1) is 0 Å². The molecule has 0 radical (unpaired) electrons. The van der Waals surface area contributed by atoms with Gasteiger partial charge >= 0.3 is 0 Å². The zero-order chi connectivity index (χ0) is 12.3. The SMILES string of the molecule is COCCNC(=O)c1cc2cc(Cl)ccc2o1. The number of methoxy groups -OCH3 is 1. The molecular formula is C12H12ClNO3. The predicted octanol–water partition coefficient (Wildman–Crippen LogP) is 2.46. The Bertz CT molecular complexity index is 536. The number of rotatable bonds is 4. The second-order valence-corrected chi connectivity index (χ2v) is 3.98. The van der Waals surface area contributed by atoms with Crippen molar-refractivity contribution < 1.29 is 13.9 Å². The van der Waals surface area contributed by atoms with Crippen LogP contribution in [0.25, 0.3) is 11.0 Å². The van der Waals surface area contributed by atoms with E-state index in [1.165, 1.54) is 0 Å². The molecule has 0 bridgehead atoms. The van der Waals surface area contributed by atoms with Crippen molar-refractivity contribution in [3.63, 3.8) is 0 Å². The first-order valence-corrected chi connectivity index (χ1v) is 5.55. The Labute approximate surface area is 103 Å². The standard InChI is InChI=1S/C12H12ClNO3/c1-16-5-4-14-12(15)11-7-8-6-9(13)2-3-10(8)17-11/h2-3,6-7H,4-5H2,1H3,(H,14,15). The molecule has 90 valence electrons. The number of carbonyl (C=O) groups is 1. The zero-order valence-electron chi connectivity index (χ0n) is 9.33. The van der Waals surface area contributed by atoms with Crippen LogP contribution in [-0.2, 0) is 4.74 Å². The molecule has 1 heterocycles. The molecule has 0 saturated carbocycles. The Hall–Kier alpha value is -1.52. The number of hydrogen-bond donors (Lipinski definition) is 1. The van der Waals surface area contributed by atoms with Crippen molar-refractivity contribution >= 4 is 28.5 Å². The minimum absolute atomic E-state index is 0.255. The second kappa shape index (κ2) is 5.21. The fourth-order valence-electron chi connectivity index (χ4n) is 1.48. The zero-order valence-corrected chi connectivity index (χ0v) is 10.1. The van der Waals surface area contributed by atoms with Gasteiger partial charge < -0.3 is 14.5 Å². The van der Waals surface area contributed by atoms with Crippen LogP contribution in [0.3, 0.4) is 0 Å². The number of halogens is 1. The van der Waals surface area contributed by atoms with Gasteiger partial charge in [-0.15, -0.1) is 0 Å². The van der Waals surface area contributed by atoms with Crippen molar-refractivity contribution in [3.05, 3.63) is 35.0 Å². The van der Waals surface area contributed by atoms with E-state index in [-0.39, 0.29) is 11.7 Å². The molecule has 0 aliphatic rings. The lowest BCUT2D eigenvalue weighted by Gasteiger charge is -2.00. The Morgan fingerprint density at radius 2 is 2.29 bits per heavy atom. The molecular weight excluding hydrogens is 242 g/mol. The van der Waals surface area contributed by atoms with Gasteiger partial charge in [-0.25, -0.2) is 0 Å². The number of hydrogen-bond acceptors (Lipinski definition) is 3. The highest BCUT2D eigenvalue weighted by molar-refractivity contribution is 6.31. The van der Waals surface area contributed by atoms with Gasteiger partial charge in [0.05, 0.1) is 6.61 Å². The molecule has 2 rings (SSSR count). The number of benzene rings is 1. The van der Waals surface area contributed by atoms with Gasteiger partial charge in [-0.2, -0.15) is 0 Å². The van der Waals surface area contributed by atoms with Crippen LogP contribution in [0.5, 0.6) is 0 Å². The molecule has 1 N–H and O–H groups in total. The van der Waals surface area contributed by atoms with E-state index in [9.17, 15) is 4.79 Å². The Balaban J connectivity index is 2.15. The van der Waals surface area contributed by atoms with Crippen LogP contribution >= 0.6 is 11.6 Å². The van der Waals surface area contributed by atoms with Crippen molar-refractivity contribution in [3.8, 4) is 0 Å². The molecule has 1 amide bonds. The summed E-state index contributed by atoms with van der Waals surface area (Å²) in [6.07, 6.45) is 0. The van der Waals surface area contributed by atoms with Gasteiger partial charge in [0, 0.05) is 24.1 Å². The number of furan rings is 1. The summed E-state index contributed by atoms with van der Waals surface area (Å²) in [5, 5.41) is 4.11. The van der Waals surface area contributed by atoms with Gasteiger partial charge in [0.2, 0.25) is 0 Å². The highest BCUT2D eigenvalue weighted by Gasteiger charge is 2.11. The molecule has 0 aliphatic heterocycles. The summed E-state index contributed by atoms with van der Waals surface area (Å²) in [6, 6.07) is 6.89. The molecule has 0 saturated heterocycles. The number of fused-ring (bicyclic) bond motifs is 1. The molecule has 0 atom stereocenters. The Morgan fingerprint density at radius 1 is 1.47 bits per heavy atom. The summed E-state index contributed by atoms with van der Waals surface area (Å²) in [7, 11) is 1.58. The summed E-state index contributed by atoms with van der Waals surface area (Å²) < 4.78 is 10.2. The van der Waals surface area contributed by atoms with Crippen LogP contribution in [0.2, 0.25) is 5.02 Å². The quantitative estimate of drug-likeness (QED) is 0.852. The maximum atomic E-state index is 11.7. The molecule has 2 aromatic rings. The van der Waals surface area contributed by atoms with E-state index in [0.717, 1.165) is 5.39 Å². The van der Waals surface area contributed by atoms with Crippen molar-refractivity contribution in [1.82, 2.24) is 5.32 Å². The van der Waals surface area contributed by atoms with Gasteiger partial charge in [-0.1, -0.05) is 11.6 Å². The van der Waals surface area contributed by atoms with Crippen molar-refractivity contribution in [2.75, 3.05) is 20.3 Å². The van der Waals surface area contributed by atoms with Crippen molar-refractivity contribution in [2.45, 2.75) is 0 Å². The molecule has 0 aliphatic carbocycles. The van der Waals surface area contributed by atoms with Crippen LogP contribution in [0.15, 0.2) is 28.7 Å². The predicted molar refractivity (Wildman–Crippen MR) is 65.4 cm³/mol. The topological polar surface area (TPSA) is 51.5 Å². The van der Waals surface area contributed by atoms with Crippen LogP contribution in [0.1, 0.15) is 10.6 Å². The highest BCUT2D eigenvalue weighted by Crippen LogP contribution is 2.22. The lowest BCUT2D eigenvalue weighted by molar-refractivity contribution is 0.0911. The van der Waals surface area contributed by atoms with E-state index in [0.29, 0.717) is 23.8 Å². The normalized spacial score (nSPS) is 10.7.